The number of ether oxygens (including phenoxy) is 2. The Balaban J connectivity index is 0.000000842. The van der Waals surface area contributed by atoms with E-state index in [1.54, 1.807) is 0 Å². The summed E-state index contributed by atoms with van der Waals surface area (Å²) in [5, 5.41) is 9.40. The first-order valence-corrected chi connectivity index (χ1v) is 16.3. The Morgan fingerprint density at radius 1 is 0.556 bits per heavy atom. The van der Waals surface area contributed by atoms with Gasteiger partial charge in [0.25, 0.3) is 20.2 Å². The summed E-state index contributed by atoms with van der Waals surface area (Å²) in [6.45, 7) is 0.0172. The Labute approximate surface area is 274 Å². The number of rotatable bonds is 16. The van der Waals surface area contributed by atoms with E-state index in [0.29, 0.717) is 0 Å². The topological polar surface area (TPSA) is 244 Å². The van der Waals surface area contributed by atoms with Crippen molar-refractivity contribution in [2.75, 3.05) is 37.7 Å². The van der Waals surface area contributed by atoms with Gasteiger partial charge in [0.15, 0.2) is 0 Å². The zero-order valence-electron chi connectivity index (χ0n) is 24.3. The van der Waals surface area contributed by atoms with Crippen LogP contribution in [0.15, 0.2) is 60.7 Å². The third kappa shape index (κ3) is 25.4. The van der Waals surface area contributed by atoms with Gasteiger partial charge in [-0.2, -0.15) is 16.8 Å². The molecule has 0 saturated carbocycles. The predicted molar refractivity (Wildman–Crippen MR) is 157 cm³/mol. The molecule has 246 valence electrons. The van der Waals surface area contributed by atoms with Crippen LogP contribution in [-0.4, -0.2) is 87.6 Å². The fourth-order valence-corrected chi connectivity index (χ4v) is 3.64. The van der Waals surface area contributed by atoms with Crippen LogP contribution in [0.4, 0.5) is 9.59 Å². The van der Waals surface area contributed by atoms with Gasteiger partial charge in [-0.25, -0.2) is 9.59 Å². The second-order valence-electron chi connectivity index (χ2n) is 8.75. The van der Waals surface area contributed by atoms with Gasteiger partial charge in [-0.05, 0) is 11.1 Å². The summed E-state index contributed by atoms with van der Waals surface area (Å²) in [7, 11) is -8.18. The van der Waals surface area contributed by atoms with E-state index >= 15 is 0 Å². The molecule has 19 heteroatoms. The van der Waals surface area contributed by atoms with Gasteiger partial charge >= 0.3 is 12.2 Å². The molecule has 0 fully saturated rings. The standard InChI is InChI=1S/2C13H18N2O6S.Zn/c2*16-12(14-8-9-22(18,19)20)6-7-15-13(17)21-10-11-4-2-1-3-5-11;/h2*1-5H,6-10H2,(H,14,16)(H,15,17)(H,18,19,20);. The molecule has 0 saturated heterocycles. The first-order valence-electron chi connectivity index (χ1n) is 13.1. The predicted octanol–water partition coefficient (Wildman–Crippen LogP) is 0.611. The van der Waals surface area contributed by atoms with E-state index in [-0.39, 0.29) is 71.7 Å². The number of hydrogen-bond donors (Lipinski definition) is 6. The fraction of sp³-hybridized carbons (Fsp3) is 0.385. The molecule has 6 N–H and O–H groups in total. The van der Waals surface area contributed by atoms with Crippen LogP contribution in [0.25, 0.3) is 0 Å². The minimum Gasteiger partial charge on any atom is -0.445 e. The van der Waals surface area contributed by atoms with E-state index in [1.165, 1.54) is 0 Å². The van der Waals surface area contributed by atoms with Gasteiger partial charge in [0.05, 0.1) is 11.5 Å². The van der Waals surface area contributed by atoms with E-state index in [1.807, 2.05) is 60.7 Å². The summed E-state index contributed by atoms with van der Waals surface area (Å²) in [5.41, 5.74) is 1.70. The molecule has 2 aromatic carbocycles. The Kier molecular flexibility index (Phi) is 21.0. The average Bonchev–Trinajstić information content (AvgIpc) is 2.95. The quantitative estimate of drug-likeness (QED) is 0.103. The molecule has 0 bridgehead atoms. The third-order valence-electron chi connectivity index (χ3n) is 5.03. The Morgan fingerprint density at radius 3 is 1.20 bits per heavy atom. The van der Waals surface area contributed by atoms with Gasteiger partial charge in [0.1, 0.15) is 13.2 Å². The maximum atomic E-state index is 11.4. The van der Waals surface area contributed by atoms with Crippen LogP contribution >= 0.6 is 0 Å². The van der Waals surface area contributed by atoms with E-state index in [4.69, 9.17) is 18.6 Å². The molecule has 0 aromatic heterocycles. The number of hydrogen-bond acceptors (Lipinski definition) is 10. The summed E-state index contributed by atoms with van der Waals surface area (Å²) < 4.78 is 68.6. The molecule has 4 amide bonds. The molecule has 0 radical (unpaired) electrons. The van der Waals surface area contributed by atoms with Gasteiger partial charge in [-0.3, -0.25) is 18.7 Å². The molecular weight excluding hydrogens is 690 g/mol. The monoisotopic (exact) mass is 724 g/mol. The molecule has 0 spiro atoms. The zero-order chi connectivity index (χ0) is 32.8. The second kappa shape index (κ2) is 22.8. The summed E-state index contributed by atoms with van der Waals surface area (Å²) in [6.07, 6.45) is -1.33. The average molecular weight is 726 g/mol. The van der Waals surface area contributed by atoms with Crippen molar-refractivity contribution in [3.63, 3.8) is 0 Å². The molecule has 0 aliphatic carbocycles. The van der Waals surface area contributed by atoms with Crippen LogP contribution in [0.5, 0.6) is 0 Å². The van der Waals surface area contributed by atoms with Gasteiger partial charge < -0.3 is 30.7 Å². The molecular formula is C26H36N4O12S2Zn. The maximum Gasteiger partial charge on any atom is 0.407 e. The Hall–Kier alpha value is -3.64. The van der Waals surface area contributed by atoms with Crippen LogP contribution in [-0.2, 0) is 72.0 Å². The maximum absolute atomic E-state index is 11.4. The van der Waals surface area contributed by atoms with E-state index < -0.39 is 55.7 Å². The molecule has 2 aromatic rings. The van der Waals surface area contributed by atoms with Crippen LogP contribution < -0.4 is 21.3 Å². The zero-order valence-corrected chi connectivity index (χ0v) is 28.9. The first kappa shape index (κ1) is 41.4. The number of carbonyl (C=O) groups is 4. The van der Waals surface area contributed by atoms with Crippen molar-refractivity contribution in [3.8, 4) is 0 Å². The van der Waals surface area contributed by atoms with E-state index in [0.717, 1.165) is 11.1 Å². The van der Waals surface area contributed by atoms with Crippen molar-refractivity contribution < 1.29 is 74.1 Å². The molecule has 0 unspecified atom stereocenters. The first-order chi connectivity index (χ1) is 20.7. The molecule has 45 heavy (non-hydrogen) atoms. The fourth-order valence-electron chi connectivity index (χ4n) is 2.92. The van der Waals surface area contributed by atoms with Crippen molar-refractivity contribution >= 4 is 44.2 Å². The third-order valence-corrected chi connectivity index (χ3v) is 6.47. The molecule has 0 aliphatic heterocycles. The van der Waals surface area contributed by atoms with Crippen LogP contribution in [0.3, 0.4) is 0 Å². The Morgan fingerprint density at radius 2 is 0.889 bits per heavy atom. The molecule has 0 heterocycles. The smallest absolute Gasteiger partial charge is 0.407 e. The van der Waals surface area contributed by atoms with Crippen molar-refractivity contribution in [3.05, 3.63) is 71.8 Å². The summed E-state index contributed by atoms with van der Waals surface area (Å²) in [4.78, 5) is 45.4. The SMILES string of the molecule is O=C(CCNC(=O)OCc1ccccc1)NCCS(=O)(=O)O.O=C(CCNC(=O)OCc1ccccc1)NCCS(=O)(=O)O.[Zn]. The minimum absolute atomic E-state index is 0. The van der Waals surface area contributed by atoms with Gasteiger partial charge in [-0.1, -0.05) is 60.7 Å². The largest absolute Gasteiger partial charge is 0.445 e. The van der Waals surface area contributed by atoms with E-state index in [9.17, 15) is 36.0 Å². The minimum atomic E-state index is -4.09. The van der Waals surface area contributed by atoms with Gasteiger partial charge in [0.2, 0.25) is 11.8 Å². The molecule has 2 rings (SSSR count). The number of nitrogens with one attached hydrogen (secondary N) is 4. The van der Waals surface area contributed by atoms with Gasteiger partial charge in [0, 0.05) is 58.5 Å². The number of alkyl carbamates (subject to hydrolysis) is 2. The van der Waals surface area contributed by atoms with Crippen LogP contribution in [0, 0.1) is 0 Å². The Bertz CT molecular complexity index is 1290. The van der Waals surface area contributed by atoms with Crippen LogP contribution in [0.1, 0.15) is 24.0 Å². The number of carbonyl (C=O) groups excluding carboxylic acids is 4. The summed E-state index contributed by atoms with van der Waals surface area (Å²) in [5.74, 6) is -1.98. The van der Waals surface area contributed by atoms with Crippen molar-refractivity contribution in [2.24, 2.45) is 0 Å². The second-order valence-corrected chi connectivity index (χ2v) is 11.9. The van der Waals surface area contributed by atoms with Crippen molar-refractivity contribution in [2.45, 2.75) is 26.1 Å². The van der Waals surface area contributed by atoms with Crippen LogP contribution in [0.2, 0.25) is 0 Å². The molecule has 0 aliphatic rings. The summed E-state index contributed by atoms with van der Waals surface area (Å²) >= 11 is 0. The molecule has 16 nitrogen and oxygen atoms in total. The van der Waals surface area contributed by atoms with Crippen molar-refractivity contribution in [1.82, 2.24) is 21.3 Å². The summed E-state index contributed by atoms with van der Waals surface area (Å²) in [6, 6.07) is 18.3. The van der Waals surface area contributed by atoms with Gasteiger partial charge in [-0.15, -0.1) is 0 Å². The van der Waals surface area contributed by atoms with Crippen molar-refractivity contribution in [1.29, 1.82) is 0 Å². The normalized spacial score (nSPS) is 10.5. The van der Waals surface area contributed by atoms with E-state index in [2.05, 4.69) is 21.3 Å². The number of amides is 4. The molecule has 0 atom stereocenters. The number of benzene rings is 2.